The van der Waals surface area contributed by atoms with E-state index < -0.39 is 0 Å². The number of rotatable bonds is 3. The van der Waals surface area contributed by atoms with E-state index >= 15 is 0 Å². The van der Waals surface area contributed by atoms with Gasteiger partial charge in [0.25, 0.3) is 0 Å². The Kier molecular flexibility index (Phi) is 4.14. The average Bonchev–Trinajstić information content (AvgIpc) is 2.16. The van der Waals surface area contributed by atoms with Crippen molar-refractivity contribution in [2.24, 2.45) is 0 Å². The zero-order chi connectivity index (χ0) is 10.7. The standard InChI is InChI=1S/C11H12BrClO/c1-7-5-9(11(14)8(2)12)3-4-10(7)6-13/h3-5,8H,6H2,1-2H3. The fourth-order valence-corrected chi connectivity index (χ4v) is 1.79. The number of alkyl halides is 2. The van der Waals surface area contributed by atoms with E-state index in [2.05, 4.69) is 15.9 Å². The molecule has 0 aliphatic carbocycles. The highest BCUT2D eigenvalue weighted by molar-refractivity contribution is 9.10. The van der Waals surface area contributed by atoms with Gasteiger partial charge in [-0.3, -0.25) is 4.79 Å². The van der Waals surface area contributed by atoms with Crippen molar-refractivity contribution >= 4 is 33.3 Å². The molecule has 1 nitrogen and oxygen atoms in total. The summed E-state index contributed by atoms with van der Waals surface area (Å²) in [4.78, 5) is 11.5. The first-order valence-corrected chi connectivity index (χ1v) is 5.85. The predicted octanol–water partition coefficient (Wildman–Crippen LogP) is 3.70. The van der Waals surface area contributed by atoms with Crippen molar-refractivity contribution in [3.05, 3.63) is 34.9 Å². The first-order valence-electron chi connectivity index (χ1n) is 4.40. The molecule has 1 atom stereocenters. The molecule has 1 aromatic carbocycles. The van der Waals surface area contributed by atoms with Crippen LogP contribution < -0.4 is 0 Å². The van der Waals surface area contributed by atoms with E-state index in [9.17, 15) is 4.79 Å². The molecule has 0 bridgehead atoms. The van der Waals surface area contributed by atoms with Gasteiger partial charge >= 0.3 is 0 Å². The van der Waals surface area contributed by atoms with Gasteiger partial charge in [0.05, 0.1) is 4.83 Å². The lowest BCUT2D eigenvalue weighted by Crippen LogP contribution is -2.10. The monoisotopic (exact) mass is 274 g/mol. The smallest absolute Gasteiger partial charge is 0.176 e. The summed E-state index contributed by atoms with van der Waals surface area (Å²) in [5.74, 6) is 0.596. The first kappa shape index (κ1) is 11.7. The van der Waals surface area contributed by atoms with Gasteiger partial charge in [0.15, 0.2) is 5.78 Å². The van der Waals surface area contributed by atoms with Crippen molar-refractivity contribution in [2.75, 3.05) is 0 Å². The Morgan fingerprint density at radius 1 is 1.57 bits per heavy atom. The predicted molar refractivity (Wildman–Crippen MR) is 63.5 cm³/mol. The second-order valence-electron chi connectivity index (χ2n) is 3.26. The summed E-state index contributed by atoms with van der Waals surface area (Å²) in [7, 11) is 0. The minimum atomic E-state index is -0.135. The Hall–Kier alpha value is -0.340. The highest BCUT2D eigenvalue weighted by Gasteiger charge is 2.12. The molecule has 14 heavy (non-hydrogen) atoms. The van der Waals surface area contributed by atoms with Gasteiger partial charge in [-0.05, 0) is 31.0 Å². The quantitative estimate of drug-likeness (QED) is 0.607. The summed E-state index contributed by atoms with van der Waals surface area (Å²) < 4.78 is 0. The fourth-order valence-electron chi connectivity index (χ4n) is 1.23. The largest absolute Gasteiger partial charge is 0.293 e. The van der Waals surface area contributed by atoms with E-state index in [4.69, 9.17) is 11.6 Å². The van der Waals surface area contributed by atoms with Gasteiger partial charge in [-0.15, -0.1) is 11.6 Å². The number of hydrogen-bond acceptors (Lipinski definition) is 1. The van der Waals surface area contributed by atoms with Crippen molar-refractivity contribution in [1.29, 1.82) is 0 Å². The number of aryl methyl sites for hydroxylation is 1. The van der Waals surface area contributed by atoms with E-state index in [1.54, 1.807) is 0 Å². The molecule has 0 amide bonds. The zero-order valence-electron chi connectivity index (χ0n) is 8.18. The number of carbonyl (C=O) groups is 1. The van der Waals surface area contributed by atoms with Crippen molar-refractivity contribution in [3.8, 4) is 0 Å². The molecule has 0 saturated heterocycles. The summed E-state index contributed by atoms with van der Waals surface area (Å²) in [6.45, 7) is 3.79. The maximum Gasteiger partial charge on any atom is 0.176 e. The van der Waals surface area contributed by atoms with E-state index in [1.807, 2.05) is 32.0 Å². The third kappa shape index (κ3) is 2.58. The van der Waals surface area contributed by atoms with Crippen molar-refractivity contribution in [2.45, 2.75) is 24.6 Å². The van der Waals surface area contributed by atoms with Crippen LogP contribution in [0.15, 0.2) is 18.2 Å². The molecule has 0 heterocycles. The van der Waals surface area contributed by atoms with Crippen LogP contribution in [0.2, 0.25) is 0 Å². The van der Waals surface area contributed by atoms with Gasteiger partial charge in [0, 0.05) is 11.4 Å². The second-order valence-corrected chi connectivity index (χ2v) is 4.90. The molecule has 0 N–H and O–H groups in total. The van der Waals surface area contributed by atoms with E-state index in [0.717, 1.165) is 16.7 Å². The van der Waals surface area contributed by atoms with Crippen LogP contribution in [-0.2, 0) is 5.88 Å². The van der Waals surface area contributed by atoms with Crippen LogP contribution in [0, 0.1) is 6.92 Å². The molecule has 76 valence electrons. The third-order valence-electron chi connectivity index (χ3n) is 2.13. The van der Waals surface area contributed by atoms with Gasteiger partial charge in [0.2, 0.25) is 0 Å². The molecular formula is C11H12BrClO. The Morgan fingerprint density at radius 3 is 2.64 bits per heavy atom. The number of carbonyl (C=O) groups excluding carboxylic acids is 1. The lowest BCUT2D eigenvalue weighted by molar-refractivity contribution is 0.0996. The Balaban J connectivity index is 3.03. The molecule has 0 aromatic heterocycles. The first-order chi connectivity index (χ1) is 6.56. The Bertz CT molecular complexity index is 347. The maximum absolute atomic E-state index is 11.6. The van der Waals surface area contributed by atoms with E-state index in [1.165, 1.54) is 0 Å². The normalized spacial score (nSPS) is 12.6. The minimum Gasteiger partial charge on any atom is -0.293 e. The summed E-state index contributed by atoms with van der Waals surface area (Å²) in [6, 6.07) is 5.62. The topological polar surface area (TPSA) is 17.1 Å². The van der Waals surface area contributed by atoms with Gasteiger partial charge in [0.1, 0.15) is 0 Å². The van der Waals surface area contributed by atoms with Crippen molar-refractivity contribution in [3.63, 3.8) is 0 Å². The van der Waals surface area contributed by atoms with Crippen molar-refractivity contribution in [1.82, 2.24) is 0 Å². The highest BCUT2D eigenvalue weighted by Crippen LogP contribution is 2.16. The summed E-state index contributed by atoms with van der Waals surface area (Å²) in [5.41, 5.74) is 2.88. The molecule has 0 spiro atoms. The molecule has 1 rings (SSSR count). The number of ketones is 1. The fraction of sp³-hybridized carbons (Fsp3) is 0.364. The summed E-state index contributed by atoms with van der Waals surface area (Å²) >= 11 is 8.99. The lowest BCUT2D eigenvalue weighted by Gasteiger charge is -2.06. The maximum atomic E-state index is 11.6. The molecule has 1 aromatic rings. The zero-order valence-corrected chi connectivity index (χ0v) is 10.5. The van der Waals surface area contributed by atoms with Gasteiger partial charge in [-0.25, -0.2) is 0 Å². The Morgan fingerprint density at radius 2 is 2.21 bits per heavy atom. The molecule has 0 aliphatic rings. The van der Waals surface area contributed by atoms with Crippen LogP contribution in [0.25, 0.3) is 0 Å². The third-order valence-corrected chi connectivity index (χ3v) is 2.84. The summed E-state index contributed by atoms with van der Waals surface area (Å²) in [6.07, 6.45) is 0. The van der Waals surface area contributed by atoms with Crippen LogP contribution in [0.5, 0.6) is 0 Å². The highest BCUT2D eigenvalue weighted by atomic mass is 79.9. The van der Waals surface area contributed by atoms with Crippen LogP contribution in [0.4, 0.5) is 0 Å². The van der Waals surface area contributed by atoms with E-state index in [0.29, 0.717) is 5.88 Å². The van der Waals surface area contributed by atoms with E-state index in [-0.39, 0.29) is 10.6 Å². The molecule has 1 unspecified atom stereocenters. The van der Waals surface area contributed by atoms with Gasteiger partial charge < -0.3 is 0 Å². The van der Waals surface area contributed by atoms with Crippen LogP contribution in [0.1, 0.15) is 28.4 Å². The minimum absolute atomic E-state index is 0.106. The van der Waals surface area contributed by atoms with Crippen LogP contribution >= 0.6 is 27.5 Å². The number of halogens is 2. The van der Waals surface area contributed by atoms with Gasteiger partial charge in [-0.1, -0.05) is 28.1 Å². The molecule has 0 aliphatic heterocycles. The molecule has 0 radical (unpaired) electrons. The lowest BCUT2D eigenvalue weighted by atomic mass is 10.0. The molecule has 0 saturated carbocycles. The van der Waals surface area contributed by atoms with Crippen LogP contribution in [-0.4, -0.2) is 10.6 Å². The SMILES string of the molecule is Cc1cc(C(=O)C(C)Br)ccc1CCl. The van der Waals surface area contributed by atoms with Crippen molar-refractivity contribution < 1.29 is 4.79 Å². The van der Waals surface area contributed by atoms with Gasteiger partial charge in [-0.2, -0.15) is 0 Å². The molecule has 0 fully saturated rings. The molecule has 3 heteroatoms. The number of benzene rings is 1. The summed E-state index contributed by atoms with van der Waals surface area (Å²) in [5, 5.41) is 0. The second kappa shape index (κ2) is 4.94. The van der Waals surface area contributed by atoms with Crippen LogP contribution in [0.3, 0.4) is 0 Å². The number of Topliss-reactive ketones (excluding diaryl/α,β-unsaturated/α-hetero) is 1. The average molecular weight is 276 g/mol. The Labute approximate surface area is 97.6 Å². The number of hydrogen-bond donors (Lipinski definition) is 0. The molecular weight excluding hydrogens is 263 g/mol.